The molecule has 1 aromatic rings. The molecule has 1 N–H and O–H groups in total. The maximum atomic E-state index is 9.00. The summed E-state index contributed by atoms with van der Waals surface area (Å²) < 4.78 is 0.974. The SMILES string of the molecule is N#Cc1ccc(N2CCCN(CCO)CC2)c(Br)c1. The average Bonchev–Trinajstić information content (AvgIpc) is 2.65. The van der Waals surface area contributed by atoms with Gasteiger partial charge in [-0.1, -0.05) is 0 Å². The Morgan fingerprint density at radius 3 is 2.79 bits per heavy atom. The van der Waals surface area contributed by atoms with Crippen molar-refractivity contribution in [2.75, 3.05) is 44.2 Å². The number of benzene rings is 1. The second-order valence-corrected chi connectivity index (χ2v) is 5.54. The highest BCUT2D eigenvalue weighted by Crippen LogP contribution is 2.28. The first kappa shape index (κ1) is 14.3. The van der Waals surface area contributed by atoms with E-state index < -0.39 is 0 Å². The number of β-amino-alcohol motifs (C(OH)–C–C–N with tert-alkyl or cyclic N) is 1. The van der Waals surface area contributed by atoms with Gasteiger partial charge in [0, 0.05) is 30.7 Å². The van der Waals surface area contributed by atoms with E-state index in [-0.39, 0.29) is 6.61 Å². The molecule has 0 aromatic heterocycles. The molecule has 0 aliphatic carbocycles. The summed E-state index contributed by atoms with van der Waals surface area (Å²) in [6.07, 6.45) is 1.09. The second kappa shape index (κ2) is 6.90. The van der Waals surface area contributed by atoms with E-state index in [2.05, 4.69) is 31.8 Å². The minimum atomic E-state index is 0.223. The molecule has 0 bridgehead atoms. The summed E-state index contributed by atoms with van der Waals surface area (Å²) in [6.45, 7) is 4.93. The first-order chi connectivity index (χ1) is 9.24. The molecule has 1 aliphatic heterocycles. The lowest BCUT2D eigenvalue weighted by Crippen LogP contribution is -2.32. The molecule has 0 amide bonds. The highest BCUT2D eigenvalue weighted by molar-refractivity contribution is 9.10. The highest BCUT2D eigenvalue weighted by Gasteiger charge is 2.16. The molecular formula is C14H18BrN3O. The fourth-order valence-corrected chi connectivity index (χ4v) is 3.04. The van der Waals surface area contributed by atoms with Crippen LogP contribution in [0.5, 0.6) is 0 Å². The van der Waals surface area contributed by atoms with Gasteiger partial charge in [0.05, 0.1) is 23.9 Å². The number of aliphatic hydroxyl groups is 1. The van der Waals surface area contributed by atoms with Crippen LogP contribution in [0.1, 0.15) is 12.0 Å². The Morgan fingerprint density at radius 2 is 2.11 bits per heavy atom. The fourth-order valence-electron chi connectivity index (χ4n) is 2.41. The zero-order chi connectivity index (χ0) is 13.7. The lowest BCUT2D eigenvalue weighted by atomic mass is 10.2. The van der Waals surface area contributed by atoms with Crippen LogP contribution in [0, 0.1) is 11.3 Å². The third-order valence-electron chi connectivity index (χ3n) is 3.42. The molecule has 1 heterocycles. The van der Waals surface area contributed by atoms with E-state index in [1.807, 2.05) is 18.2 Å². The maximum Gasteiger partial charge on any atom is 0.0992 e. The molecule has 1 saturated heterocycles. The van der Waals surface area contributed by atoms with Crippen molar-refractivity contribution in [2.45, 2.75) is 6.42 Å². The Balaban J connectivity index is 2.08. The Morgan fingerprint density at radius 1 is 1.26 bits per heavy atom. The Bertz CT molecular complexity index is 472. The lowest BCUT2D eigenvalue weighted by Gasteiger charge is -2.24. The van der Waals surface area contributed by atoms with Crippen LogP contribution in [0.3, 0.4) is 0 Å². The summed E-state index contributed by atoms with van der Waals surface area (Å²) in [5.74, 6) is 0. The standard InChI is InChI=1S/C14H18BrN3O/c15-13-10-12(11-16)2-3-14(13)18-5-1-4-17(6-7-18)8-9-19/h2-3,10,19H,1,4-9H2. The molecule has 0 saturated carbocycles. The maximum absolute atomic E-state index is 9.00. The normalized spacial score (nSPS) is 17.0. The Labute approximate surface area is 122 Å². The number of aliphatic hydroxyl groups excluding tert-OH is 1. The summed E-state index contributed by atoms with van der Waals surface area (Å²) in [7, 11) is 0. The van der Waals surface area contributed by atoms with Crippen molar-refractivity contribution < 1.29 is 5.11 Å². The van der Waals surface area contributed by atoms with Crippen LogP contribution in [0.4, 0.5) is 5.69 Å². The van der Waals surface area contributed by atoms with Gasteiger partial charge in [-0.2, -0.15) is 5.26 Å². The molecule has 1 aromatic carbocycles. The number of nitriles is 1. The fraction of sp³-hybridized carbons (Fsp3) is 0.500. The summed E-state index contributed by atoms with van der Waals surface area (Å²) in [6, 6.07) is 7.88. The molecule has 0 spiro atoms. The van der Waals surface area contributed by atoms with Crippen molar-refractivity contribution in [3.05, 3.63) is 28.2 Å². The largest absolute Gasteiger partial charge is 0.395 e. The summed E-state index contributed by atoms with van der Waals surface area (Å²) in [5, 5.41) is 17.9. The Kier molecular flexibility index (Phi) is 5.20. The van der Waals surface area contributed by atoms with Gasteiger partial charge >= 0.3 is 0 Å². The highest BCUT2D eigenvalue weighted by atomic mass is 79.9. The molecule has 102 valence electrons. The number of anilines is 1. The average molecular weight is 324 g/mol. The van der Waals surface area contributed by atoms with Crippen LogP contribution in [-0.2, 0) is 0 Å². The molecule has 5 heteroatoms. The monoisotopic (exact) mass is 323 g/mol. The van der Waals surface area contributed by atoms with Gasteiger partial charge in [0.2, 0.25) is 0 Å². The van der Waals surface area contributed by atoms with Crippen molar-refractivity contribution in [1.29, 1.82) is 5.26 Å². The quantitative estimate of drug-likeness (QED) is 0.922. The number of halogens is 1. The van der Waals surface area contributed by atoms with Gasteiger partial charge < -0.3 is 10.0 Å². The van der Waals surface area contributed by atoms with Gasteiger partial charge in [0.15, 0.2) is 0 Å². The van der Waals surface area contributed by atoms with Crippen molar-refractivity contribution in [2.24, 2.45) is 0 Å². The first-order valence-corrected chi connectivity index (χ1v) is 7.31. The second-order valence-electron chi connectivity index (χ2n) is 4.68. The van der Waals surface area contributed by atoms with Gasteiger partial charge in [-0.05, 0) is 47.1 Å². The Hall–Kier alpha value is -1.09. The molecule has 1 aliphatic rings. The minimum Gasteiger partial charge on any atom is -0.395 e. The number of hydrogen-bond acceptors (Lipinski definition) is 4. The van der Waals surface area contributed by atoms with Crippen molar-refractivity contribution in [3.63, 3.8) is 0 Å². The van der Waals surface area contributed by atoms with Crippen molar-refractivity contribution in [1.82, 2.24) is 4.90 Å². The molecular weight excluding hydrogens is 306 g/mol. The number of nitrogens with zero attached hydrogens (tertiary/aromatic N) is 3. The van der Waals surface area contributed by atoms with Crippen LogP contribution >= 0.6 is 15.9 Å². The van der Waals surface area contributed by atoms with Gasteiger partial charge in [-0.3, -0.25) is 4.90 Å². The van der Waals surface area contributed by atoms with Gasteiger partial charge in [-0.25, -0.2) is 0 Å². The topological polar surface area (TPSA) is 50.5 Å². The van der Waals surface area contributed by atoms with Crippen LogP contribution in [0.2, 0.25) is 0 Å². The summed E-state index contributed by atoms with van der Waals surface area (Å²) >= 11 is 3.55. The predicted octanol–water partition coefficient (Wildman–Crippen LogP) is 1.83. The lowest BCUT2D eigenvalue weighted by molar-refractivity contribution is 0.204. The molecule has 19 heavy (non-hydrogen) atoms. The van der Waals surface area contributed by atoms with Crippen molar-refractivity contribution >= 4 is 21.6 Å². The minimum absolute atomic E-state index is 0.223. The van der Waals surface area contributed by atoms with E-state index in [1.54, 1.807) is 0 Å². The summed E-state index contributed by atoms with van der Waals surface area (Å²) in [5.41, 5.74) is 1.82. The van der Waals surface area contributed by atoms with E-state index >= 15 is 0 Å². The van der Waals surface area contributed by atoms with E-state index in [0.717, 1.165) is 49.3 Å². The first-order valence-electron chi connectivity index (χ1n) is 6.52. The molecule has 4 nitrogen and oxygen atoms in total. The number of hydrogen-bond donors (Lipinski definition) is 1. The van der Waals surface area contributed by atoms with Gasteiger partial charge in [0.25, 0.3) is 0 Å². The van der Waals surface area contributed by atoms with Crippen LogP contribution in [0.25, 0.3) is 0 Å². The zero-order valence-electron chi connectivity index (χ0n) is 10.8. The van der Waals surface area contributed by atoms with Crippen LogP contribution in [-0.4, -0.2) is 49.3 Å². The van der Waals surface area contributed by atoms with Crippen LogP contribution < -0.4 is 4.90 Å². The van der Waals surface area contributed by atoms with Crippen molar-refractivity contribution in [3.8, 4) is 6.07 Å². The predicted molar refractivity (Wildman–Crippen MR) is 79.2 cm³/mol. The van der Waals surface area contributed by atoms with Crippen LogP contribution in [0.15, 0.2) is 22.7 Å². The van der Waals surface area contributed by atoms with E-state index in [0.29, 0.717) is 5.56 Å². The third kappa shape index (κ3) is 3.69. The molecule has 0 unspecified atom stereocenters. The molecule has 2 rings (SSSR count). The van der Waals surface area contributed by atoms with Gasteiger partial charge in [-0.15, -0.1) is 0 Å². The van der Waals surface area contributed by atoms with E-state index in [1.165, 1.54) is 0 Å². The third-order valence-corrected chi connectivity index (χ3v) is 4.06. The van der Waals surface area contributed by atoms with Gasteiger partial charge in [0.1, 0.15) is 0 Å². The smallest absolute Gasteiger partial charge is 0.0992 e. The molecule has 0 atom stereocenters. The number of rotatable bonds is 3. The van der Waals surface area contributed by atoms with E-state index in [4.69, 9.17) is 10.4 Å². The molecule has 1 fully saturated rings. The van der Waals surface area contributed by atoms with E-state index in [9.17, 15) is 0 Å². The summed E-state index contributed by atoms with van der Waals surface area (Å²) in [4.78, 5) is 4.63. The zero-order valence-corrected chi connectivity index (χ0v) is 12.4. The molecule has 0 radical (unpaired) electrons.